The second-order valence-corrected chi connectivity index (χ2v) is 10.1. The molecule has 0 aromatic heterocycles. The van der Waals surface area contributed by atoms with Gasteiger partial charge in [-0.25, -0.2) is 4.79 Å². The van der Waals surface area contributed by atoms with Crippen molar-refractivity contribution in [2.75, 3.05) is 5.33 Å². The second kappa shape index (κ2) is 13.3. The van der Waals surface area contributed by atoms with Crippen LogP contribution >= 0.6 is 27.7 Å². The van der Waals surface area contributed by atoms with Gasteiger partial charge in [0.1, 0.15) is 17.2 Å². The highest BCUT2D eigenvalue weighted by Gasteiger charge is 2.53. The summed E-state index contributed by atoms with van der Waals surface area (Å²) in [5.41, 5.74) is 2.25. The van der Waals surface area contributed by atoms with E-state index in [0.717, 1.165) is 10.5 Å². The molecule has 200 valence electrons. The van der Waals surface area contributed by atoms with Gasteiger partial charge in [0.15, 0.2) is 17.4 Å². The zero-order valence-electron chi connectivity index (χ0n) is 20.6. The van der Waals surface area contributed by atoms with E-state index in [0.29, 0.717) is 28.5 Å². The number of allylic oxidation sites excluding steroid dienone is 1. The fraction of sp³-hybridized carbons (Fsp3) is 0.172. The normalized spacial score (nSPS) is 17.2. The number of alkyl halides is 1. The lowest BCUT2D eigenvalue weighted by Crippen LogP contribution is -2.69. The predicted octanol–water partition coefficient (Wildman–Crippen LogP) is 4.30. The molecule has 0 aliphatic carbocycles. The lowest BCUT2D eigenvalue weighted by molar-refractivity contribution is -0.154. The van der Waals surface area contributed by atoms with Crippen LogP contribution in [0.1, 0.15) is 22.8 Å². The Kier molecular flexibility index (Phi) is 9.56. The average Bonchev–Trinajstić information content (AvgIpc) is 2.97. The zero-order valence-corrected chi connectivity index (χ0v) is 23.0. The van der Waals surface area contributed by atoms with E-state index in [1.165, 1.54) is 0 Å². The third-order valence-corrected chi connectivity index (χ3v) is 7.43. The fourth-order valence-corrected chi connectivity index (χ4v) is 5.25. The Hall–Kier alpha value is -3.89. The minimum absolute atomic E-state index is 0.0380. The summed E-state index contributed by atoms with van der Waals surface area (Å²) >= 11 is 3.85. The standard InChI is InChI=1S/C29H25BrN2O6S/c30-17-22(34)25(29(37)38-26(20-12-6-2-7-13-20)21-14-8-3-9-15-21)32-27(36)24(28(32)39-18-33)31-23(35)16-19-10-4-1-5-11-19/h1-15,18,24,26,28,34H,16-17H2,(H,31,35)/b25-22+. The van der Waals surface area contributed by atoms with Crippen LogP contribution in [0.2, 0.25) is 0 Å². The van der Waals surface area contributed by atoms with Crippen LogP contribution < -0.4 is 5.32 Å². The van der Waals surface area contributed by atoms with Gasteiger partial charge in [-0.2, -0.15) is 0 Å². The highest BCUT2D eigenvalue weighted by Crippen LogP contribution is 2.36. The Labute approximate surface area is 238 Å². The van der Waals surface area contributed by atoms with Gasteiger partial charge in [0.2, 0.25) is 5.91 Å². The quantitative estimate of drug-likeness (QED) is 0.0833. The molecule has 1 aliphatic rings. The number of ether oxygens (including phenoxy) is 1. The molecular formula is C29H25BrN2O6S. The summed E-state index contributed by atoms with van der Waals surface area (Å²) in [4.78, 5) is 51.9. The number of nitrogens with one attached hydrogen (secondary N) is 1. The smallest absolute Gasteiger partial charge is 0.359 e. The fourth-order valence-electron chi connectivity index (χ4n) is 4.20. The molecule has 2 N–H and O–H groups in total. The second-order valence-electron chi connectivity index (χ2n) is 8.57. The van der Waals surface area contributed by atoms with Crippen molar-refractivity contribution < 1.29 is 29.0 Å². The maximum atomic E-state index is 13.6. The van der Waals surface area contributed by atoms with Gasteiger partial charge in [0, 0.05) is 0 Å². The third-order valence-electron chi connectivity index (χ3n) is 6.03. The number of amides is 2. The van der Waals surface area contributed by atoms with E-state index in [9.17, 15) is 24.3 Å². The van der Waals surface area contributed by atoms with Crippen molar-refractivity contribution >= 4 is 51.1 Å². The molecule has 8 nitrogen and oxygen atoms in total. The highest BCUT2D eigenvalue weighted by molar-refractivity contribution is 9.09. The van der Waals surface area contributed by atoms with E-state index in [4.69, 9.17) is 4.74 Å². The SMILES string of the molecule is O=CSC1C(NC(=O)Cc2ccccc2)C(=O)N1/C(C(=O)OC(c1ccccc1)c1ccccc1)=C(/O)CBr. The van der Waals surface area contributed by atoms with Gasteiger partial charge >= 0.3 is 5.97 Å². The van der Waals surface area contributed by atoms with Crippen LogP contribution in [0.4, 0.5) is 0 Å². The van der Waals surface area contributed by atoms with Crippen molar-refractivity contribution in [3.8, 4) is 0 Å². The Bertz CT molecular complexity index is 1310. The van der Waals surface area contributed by atoms with E-state index < -0.39 is 46.8 Å². The molecule has 0 radical (unpaired) electrons. The minimum atomic E-state index is -1.07. The maximum Gasteiger partial charge on any atom is 0.359 e. The van der Waals surface area contributed by atoms with Crippen LogP contribution in [0.3, 0.4) is 0 Å². The third kappa shape index (κ3) is 6.58. The summed E-state index contributed by atoms with van der Waals surface area (Å²) < 4.78 is 5.88. The molecule has 2 amide bonds. The van der Waals surface area contributed by atoms with Crippen molar-refractivity contribution in [2.24, 2.45) is 0 Å². The summed E-state index contributed by atoms with van der Waals surface area (Å²) in [7, 11) is 0. The van der Waals surface area contributed by atoms with Gasteiger partial charge in [-0.1, -0.05) is 119 Å². The topological polar surface area (TPSA) is 113 Å². The first kappa shape index (κ1) is 28.1. The summed E-state index contributed by atoms with van der Waals surface area (Å²) in [6.45, 7) is 0. The van der Waals surface area contributed by atoms with Crippen molar-refractivity contribution in [3.05, 3.63) is 119 Å². The molecule has 0 saturated carbocycles. The van der Waals surface area contributed by atoms with Gasteiger partial charge < -0.3 is 15.2 Å². The van der Waals surface area contributed by atoms with Crippen LogP contribution in [-0.4, -0.2) is 50.2 Å². The predicted molar refractivity (Wildman–Crippen MR) is 151 cm³/mol. The number of aliphatic hydroxyl groups is 1. The molecule has 4 rings (SSSR count). The Balaban J connectivity index is 1.58. The number of carbonyl (C=O) groups excluding carboxylic acids is 4. The van der Waals surface area contributed by atoms with Crippen molar-refractivity contribution in [3.63, 3.8) is 0 Å². The van der Waals surface area contributed by atoms with Gasteiger partial charge in [-0.05, 0) is 16.7 Å². The number of thioether (sulfide) groups is 1. The number of aliphatic hydroxyl groups excluding tert-OH is 1. The van der Waals surface area contributed by atoms with E-state index in [2.05, 4.69) is 21.2 Å². The van der Waals surface area contributed by atoms with Crippen LogP contribution in [0.5, 0.6) is 0 Å². The minimum Gasteiger partial charge on any atom is -0.509 e. The molecule has 39 heavy (non-hydrogen) atoms. The summed E-state index contributed by atoms with van der Waals surface area (Å²) in [5.74, 6) is -2.46. The zero-order chi connectivity index (χ0) is 27.8. The monoisotopic (exact) mass is 608 g/mol. The number of hydrogen-bond acceptors (Lipinski definition) is 7. The number of hydrogen-bond donors (Lipinski definition) is 2. The van der Waals surface area contributed by atoms with E-state index >= 15 is 0 Å². The highest BCUT2D eigenvalue weighted by atomic mass is 79.9. The molecule has 1 aliphatic heterocycles. The number of benzene rings is 3. The summed E-state index contributed by atoms with van der Waals surface area (Å²) in [6, 6.07) is 26.0. The van der Waals surface area contributed by atoms with Crippen molar-refractivity contribution in [1.82, 2.24) is 10.2 Å². The summed E-state index contributed by atoms with van der Waals surface area (Å²) in [5, 5.41) is 12.2. The molecule has 1 saturated heterocycles. The van der Waals surface area contributed by atoms with Crippen molar-refractivity contribution in [1.29, 1.82) is 0 Å². The average molecular weight is 609 g/mol. The Morgan fingerprint density at radius 3 is 2.03 bits per heavy atom. The number of likely N-dealkylation sites (tertiary alicyclic amines) is 1. The molecule has 1 heterocycles. The first-order valence-electron chi connectivity index (χ1n) is 12.0. The first-order valence-corrected chi connectivity index (χ1v) is 14.1. The van der Waals surface area contributed by atoms with Gasteiger partial charge in [-0.3, -0.25) is 19.3 Å². The van der Waals surface area contributed by atoms with Crippen LogP contribution in [-0.2, 0) is 30.3 Å². The van der Waals surface area contributed by atoms with Crippen LogP contribution in [0.25, 0.3) is 0 Å². The van der Waals surface area contributed by atoms with E-state index in [1.54, 1.807) is 48.5 Å². The lowest BCUT2D eigenvalue weighted by atomic mass is 10.0. The van der Waals surface area contributed by atoms with E-state index in [-0.39, 0.29) is 11.8 Å². The largest absolute Gasteiger partial charge is 0.509 e. The molecule has 2 atom stereocenters. The maximum absolute atomic E-state index is 13.6. The Morgan fingerprint density at radius 2 is 1.51 bits per heavy atom. The molecular weight excluding hydrogens is 584 g/mol. The van der Waals surface area contributed by atoms with Gasteiger partial charge in [0.25, 0.3) is 5.91 Å². The van der Waals surface area contributed by atoms with Crippen LogP contribution in [0.15, 0.2) is 102 Å². The Morgan fingerprint density at radius 1 is 0.974 bits per heavy atom. The molecule has 2 unspecified atom stereocenters. The summed E-state index contributed by atoms with van der Waals surface area (Å²) in [6.07, 6.45) is -0.788. The number of carbonyl (C=O) groups is 4. The molecule has 0 bridgehead atoms. The molecule has 0 spiro atoms. The number of β-lactam (4-membered cyclic amide) rings is 1. The molecule has 3 aromatic rings. The van der Waals surface area contributed by atoms with E-state index in [1.807, 2.05) is 42.5 Å². The van der Waals surface area contributed by atoms with Gasteiger partial charge in [-0.15, -0.1) is 0 Å². The molecule has 3 aromatic carbocycles. The van der Waals surface area contributed by atoms with Crippen LogP contribution in [0, 0.1) is 0 Å². The number of nitrogens with zero attached hydrogens (tertiary/aromatic N) is 1. The number of halogens is 1. The number of rotatable bonds is 11. The molecule has 1 fully saturated rings. The first-order chi connectivity index (χ1) is 18.9. The molecule has 10 heteroatoms. The van der Waals surface area contributed by atoms with Gasteiger partial charge in [0.05, 0.1) is 11.8 Å². The van der Waals surface area contributed by atoms with Crippen molar-refractivity contribution in [2.45, 2.75) is 23.9 Å². The lowest BCUT2D eigenvalue weighted by Gasteiger charge is -2.46. The number of esters is 1.